The number of hydrogen-bond acceptors (Lipinski definition) is 0. The molecule has 0 N–H and O–H groups in total. The molecular weight excluding hydrogens is 120 g/mol. The lowest BCUT2D eigenvalue weighted by atomic mass is 10.2. The fourth-order valence-corrected chi connectivity index (χ4v) is 0.645. The van der Waals surface area contributed by atoms with Crippen LogP contribution in [-0.2, 0) is 0 Å². The molecule has 0 heterocycles. The summed E-state index contributed by atoms with van der Waals surface area (Å²) in [6.07, 6.45) is 2.08. The van der Waals surface area contributed by atoms with Gasteiger partial charge in [0, 0.05) is 25.5 Å². The van der Waals surface area contributed by atoms with Crippen LogP contribution in [0.25, 0.3) is 0 Å². The van der Waals surface area contributed by atoms with E-state index in [1.165, 1.54) is 5.56 Å². The maximum absolute atomic E-state index is 2.08. The zero-order valence-corrected chi connectivity index (χ0v) is 6.96. The van der Waals surface area contributed by atoms with Gasteiger partial charge in [0.15, 0.2) is 0 Å². The van der Waals surface area contributed by atoms with E-state index in [1.807, 2.05) is 39.0 Å². The Bertz CT molecular complexity index is 141. The molecule has 0 nitrogen and oxygen atoms in total. The van der Waals surface area contributed by atoms with Gasteiger partial charge in [0.25, 0.3) is 0 Å². The molecule has 1 aromatic rings. The van der Waals surface area contributed by atoms with Crippen LogP contribution in [0, 0.1) is 6.42 Å². The van der Waals surface area contributed by atoms with Crippen molar-refractivity contribution in [2.75, 3.05) is 0 Å². The van der Waals surface area contributed by atoms with E-state index in [4.69, 9.17) is 0 Å². The molecule has 54 valence electrons. The molecule has 0 fully saturated rings. The number of rotatable bonds is 1. The molecule has 0 spiro atoms. The summed E-state index contributed by atoms with van der Waals surface area (Å²) < 4.78 is 0. The summed E-state index contributed by atoms with van der Waals surface area (Å²) in [7, 11) is 0. The van der Waals surface area contributed by atoms with Crippen LogP contribution in [0.15, 0.2) is 30.3 Å². The normalized spacial score (nSPS) is 7.50. The van der Waals surface area contributed by atoms with Gasteiger partial charge in [0.05, 0.1) is 0 Å². The molecule has 1 rings (SSSR count). The maximum atomic E-state index is 2.08. The van der Waals surface area contributed by atoms with Gasteiger partial charge in [-0.2, -0.15) is 0 Å². The molecule has 0 amide bonds. The third kappa shape index (κ3) is 3.18. The Morgan fingerprint density at radius 3 is 1.80 bits per heavy atom. The average Bonchev–Trinajstić information content (AvgIpc) is 2.10. The highest BCUT2D eigenvalue weighted by Gasteiger charge is 1.90. The zero-order valence-electron chi connectivity index (χ0n) is 6.96. The van der Waals surface area contributed by atoms with Gasteiger partial charge in [-0.1, -0.05) is 13.8 Å². The largest absolute Gasteiger partial charge is 0.129 e. The van der Waals surface area contributed by atoms with Crippen LogP contribution in [0.3, 0.4) is 0 Å². The molecule has 0 aliphatic carbocycles. The monoisotopic (exact) mass is 135 g/mol. The smallest absolute Gasteiger partial charge is 0.0683 e. The first kappa shape index (κ1) is 9.09. The van der Waals surface area contributed by atoms with E-state index in [9.17, 15) is 0 Å². The highest BCUT2D eigenvalue weighted by atomic mass is 13.9. The minimum absolute atomic E-state index is 1.28. The summed E-state index contributed by atoms with van der Waals surface area (Å²) in [4.78, 5) is 0. The van der Waals surface area contributed by atoms with Gasteiger partial charge in [-0.3, -0.25) is 0 Å². The second kappa shape index (κ2) is 6.21. The van der Waals surface area contributed by atoms with E-state index in [0.29, 0.717) is 0 Å². The maximum Gasteiger partial charge on any atom is 0.129 e. The van der Waals surface area contributed by atoms with Gasteiger partial charge in [0.1, 0.15) is 5.56 Å². The molecule has 0 saturated carbocycles. The van der Waals surface area contributed by atoms with E-state index >= 15 is 0 Å². The van der Waals surface area contributed by atoms with E-state index < -0.39 is 0 Å². The predicted molar refractivity (Wildman–Crippen MR) is 46.9 cm³/mol. The molecule has 0 atom stereocenters. The van der Waals surface area contributed by atoms with E-state index in [-0.39, 0.29) is 0 Å². The molecule has 0 bridgehead atoms. The minimum Gasteiger partial charge on any atom is -0.0683 e. The van der Waals surface area contributed by atoms with Crippen molar-refractivity contribution in [3.63, 3.8) is 0 Å². The molecule has 10 heavy (non-hydrogen) atoms. The van der Waals surface area contributed by atoms with Crippen LogP contribution in [0.2, 0.25) is 0 Å². The lowest BCUT2D eigenvalue weighted by Gasteiger charge is -1.79. The standard InChI is InChI=1S/C8H9.C2H6/c1-2-8-6-4-3-5-7-8;1-2/h2-7H,1H3;1-2H3/q+1;. The third-order valence-corrected chi connectivity index (χ3v) is 1.13. The van der Waals surface area contributed by atoms with Crippen molar-refractivity contribution < 1.29 is 0 Å². The summed E-state index contributed by atoms with van der Waals surface area (Å²) in [5.74, 6) is 0. The Morgan fingerprint density at radius 1 is 1.00 bits per heavy atom. The lowest BCUT2D eigenvalue weighted by molar-refractivity contribution is 1.43. The molecule has 0 aromatic heterocycles. The quantitative estimate of drug-likeness (QED) is 0.518. The summed E-state index contributed by atoms with van der Waals surface area (Å²) in [5.41, 5.74) is 1.28. The van der Waals surface area contributed by atoms with Crippen molar-refractivity contribution in [3.05, 3.63) is 42.3 Å². The van der Waals surface area contributed by atoms with Crippen molar-refractivity contribution in [1.29, 1.82) is 0 Å². The van der Waals surface area contributed by atoms with E-state index in [1.54, 1.807) is 0 Å². The van der Waals surface area contributed by atoms with Gasteiger partial charge in [-0.05, 0) is 18.2 Å². The van der Waals surface area contributed by atoms with Gasteiger partial charge < -0.3 is 0 Å². The van der Waals surface area contributed by atoms with Crippen molar-refractivity contribution in [3.8, 4) is 0 Å². The Morgan fingerprint density at radius 2 is 1.50 bits per heavy atom. The fourth-order valence-electron chi connectivity index (χ4n) is 0.645. The van der Waals surface area contributed by atoms with Crippen molar-refractivity contribution in [2.24, 2.45) is 0 Å². The first-order valence-electron chi connectivity index (χ1n) is 3.78. The van der Waals surface area contributed by atoms with Crippen LogP contribution in [0.1, 0.15) is 26.3 Å². The van der Waals surface area contributed by atoms with Crippen LogP contribution in [0.5, 0.6) is 0 Å². The van der Waals surface area contributed by atoms with E-state index in [2.05, 4.69) is 18.6 Å². The summed E-state index contributed by atoms with van der Waals surface area (Å²) in [5, 5.41) is 0. The van der Waals surface area contributed by atoms with E-state index in [0.717, 1.165) is 0 Å². The van der Waals surface area contributed by atoms with Crippen LogP contribution >= 0.6 is 0 Å². The third-order valence-electron chi connectivity index (χ3n) is 1.13. The molecule has 0 radical (unpaired) electrons. The topological polar surface area (TPSA) is 0 Å². The van der Waals surface area contributed by atoms with Gasteiger partial charge in [-0.15, -0.1) is 0 Å². The molecule has 0 unspecified atom stereocenters. The van der Waals surface area contributed by atoms with Crippen LogP contribution in [-0.4, -0.2) is 0 Å². The molecule has 0 aliphatic rings. The van der Waals surface area contributed by atoms with Crippen molar-refractivity contribution in [1.82, 2.24) is 0 Å². The van der Waals surface area contributed by atoms with Gasteiger partial charge in [-0.25, -0.2) is 0 Å². The minimum atomic E-state index is 1.28. The highest BCUT2D eigenvalue weighted by Crippen LogP contribution is 1.98. The molecular formula is C10H15+. The second-order valence-corrected chi connectivity index (χ2v) is 1.70. The SMILES string of the molecule is CC.C[CH+]c1ccccc1. The predicted octanol–water partition coefficient (Wildman–Crippen LogP) is 3.29. The summed E-state index contributed by atoms with van der Waals surface area (Å²) in [6.45, 7) is 6.04. The first-order valence-corrected chi connectivity index (χ1v) is 3.78. The summed E-state index contributed by atoms with van der Waals surface area (Å²) >= 11 is 0. The Labute approximate surface area is 63.9 Å². The van der Waals surface area contributed by atoms with Gasteiger partial charge >= 0.3 is 0 Å². The first-order chi connectivity index (χ1) is 4.93. The molecule has 1 aromatic carbocycles. The average molecular weight is 135 g/mol. The lowest BCUT2D eigenvalue weighted by Crippen LogP contribution is -1.70. The van der Waals surface area contributed by atoms with Crippen molar-refractivity contribution in [2.45, 2.75) is 20.8 Å². The Hall–Kier alpha value is -0.910. The number of hydrogen-bond donors (Lipinski definition) is 0. The second-order valence-electron chi connectivity index (χ2n) is 1.70. The van der Waals surface area contributed by atoms with Crippen LogP contribution in [0.4, 0.5) is 0 Å². The molecule has 0 heteroatoms. The van der Waals surface area contributed by atoms with Crippen molar-refractivity contribution >= 4 is 0 Å². The number of benzene rings is 1. The highest BCUT2D eigenvalue weighted by molar-refractivity contribution is 5.20. The summed E-state index contributed by atoms with van der Waals surface area (Å²) in [6, 6.07) is 10.3. The molecule has 0 aliphatic heterocycles. The fraction of sp³-hybridized carbons (Fsp3) is 0.300. The Kier molecular flexibility index (Phi) is 5.65. The zero-order chi connectivity index (χ0) is 7.82. The van der Waals surface area contributed by atoms with Gasteiger partial charge in [0.2, 0.25) is 0 Å². The van der Waals surface area contributed by atoms with Crippen LogP contribution < -0.4 is 0 Å². The Balaban J connectivity index is 0.000000371. The molecule has 0 saturated heterocycles.